The van der Waals surface area contributed by atoms with Crippen molar-refractivity contribution in [2.45, 2.75) is 31.6 Å². The molecule has 3 heteroatoms. The van der Waals surface area contributed by atoms with Gasteiger partial charge in [0.25, 0.3) is 0 Å². The summed E-state index contributed by atoms with van der Waals surface area (Å²) in [6.45, 7) is 5.90. The van der Waals surface area contributed by atoms with Crippen molar-refractivity contribution in [1.82, 2.24) is 0 Å². The molecule has 2 nitrogen and oxygen atoms in total. The van der Waals surface area contributed by atoms with Gasteiger partial charge in [0.1, 0.15) is 0 Å². The zero-order valence-electron chi connectivity index (χ0n) is 9.03. The molecule has 78 valence electrons. The van der Waals surface area contributed by atoms with Gasteiger partial charge in [-0.15, -0.1) is 0 Å². The first-order valence-electron chi connectivity index (χ1n) is 4.63. The molecule has 0 bridgehead atoms. The van der Waals surface area contributed by atoms with E-state index in [2.05, 4.69) is 0 Å². The molecule has 0 saturated carbocycles. The van der Waals surface area contributed by atoms with Crippen LogP contribution in [0.2, 0.25) is 0 Å². The van der Waals surface area contributed by atoms with E-state index in [1.165, 1.54) is 6.26 Å². The maximum atomic E-state index is 11.5. The first-order chi connectivity index (χ1) is 6.32. The van der Waals surface area contributed by atoms with Crippen molar-refractivity contribution in [3.05, 3.63) is 29.3 Å². The van der Waals surface area contributed by atoms with Crippen molar-refractivity contribution in [2.24, 2.45) is 0 Å². The van der Waals surface area contributed by atoms with Crippen LogP contribution in [0.3, 0.4) is 0 Å². The van der Waals surface area contributed by atoms with Crippen LogP contribution in [0.25, 0.3) is 0 Å². The third-order valence-corrected chi connectivity index (χ3v) is 3.34. The summed E-state index contributed by atoms with van der Waals surface area (Å²) in [6, 6.07) is 5.59. The van der Waals surface area contributed by atoms with Crippen LogP contribution in [-0.2, 0) is 9.84 Å². The number of hydrogen-bond acceptors (Lipinski definition) is 2. The zero-order chi connectivity index (χ0) is 10.9. The highest BCUT2D eigenvalue weighted by Crippen LogP contribution is 2.24. The van der Waals surface area contributed by atoms with E-state index in [0.717, 1.165) is 11.1 Å². The lowest BCUT2D eigenvalue weighted by atomic mass is 10.0. The molecule has 0 saturated heterocycles. The third kappa shape index (κ3) is 2.35. The van der Waals surface area contributed by atoms with Gasteiger partial charge in [0.15, 0.2) is 9.84 Å². The number of benzene rings is 1. The Morgan fingerprint density at radius 2 is 1.79 bits per heavy atom. The first kappa shape index (κ1) is 11.2. The van der Waals surface area contributed by atoms with Gasteiger partial charge in [-0.2, -0.15) is 0 Å². The quantitative estimate of drug-likeness (QED) is 0.755. The van der Waals surface area contributed by atoms with Gasteiger partial charge >= 0.3 is 0 Å². The van der Waals surface area contributed by atoms with Gasteiger partial charge in [-0.3, -0.25) is 0 Å². The van der Waals surface area contributed by atoms with Crippen LogP contribution in [0.5, 0.6) is 0 Å². The Balaban J connectivity index is 3.46. The van der Waals surface area contributed by atoms with Crippen LogP contribution < -0.4 is 0 Å². The second-order valence-electron chi connectivity index (χ2n) is 3.97. The van der Waals surface area contributed by atoms with Crippen LogP contribution in [-0.4, -0.2) is 14.7 Å². The minimum absolute atomic E-state index is 0.236. The predicted octanol–water partition coefficient (Wildman–Crippen LogP) is 2.52. The van der Waals surface area contributed by atoms with Crippen molar-refractivity contribution in [3.8, 4) is 0 Å². The Hall–Kier alpha value is -0.830. The summed E-state index contributed by atoms with van der Waals surface area (Å²) < 4.78 is 23.0. The first-order valence-corrected chi connectivity index (χ1v) is 6.52. The van der Waals surface area contributed by atoms with Gasteiger partial charge in [0, 0.05) is 6.26 Å². The summed E-state index contributed by atoms with van der Waals surface area (Å²) >= 11 is 0. The SMILES string of the molecule is Cc1ccc(C(C)C)c(S(C)(=O)=O)c1. The van der Waals surface area contributed by atoms with Crippen LogP contribution in [0.1, 0.15) is 30.9 Å². The fourth-order valence-corrected chi connectivity index (χ4v) is 2.57. The largest absolute Gasteiger partial charge is 0.224 e. The van der Waals surface area contributed by atoms with Crippen LogP contribution in [0.4, 0.5) is 0 Å². The van der Waals surface area contributed by atoms with Crippen LogP contribution in [0, 0.1) is 6.92 Å². The topological polar surface area (TPSA) is 34.1 Å². The molecule has 14 heavy (non-hydrogen) atoms. The Morgan fingerprint density at radius 1 is 1.21 bits per heavy atom. The van der Waals surface area contributed by atoms with Gasteiger partial charge in [-0.25, -0.2) is 8.42 Å². The third-order valence-electron chi connectivity index (χ3n) is 2.19. The van der Waals surface area contributed by atoms with Crippen molar-refractivity contribution in [2.75, 3.05) is 6.26 Å². The summed E-state index contributed by atoms with van der Waals surface area (Å²) in [5, 5.41) is 0. The molecule has 0 radical (unpaired) electrons. The lowest BCUT2D eigenvalue weighted by Crippen LogP contribution is -2.04. The van der Waals surface area contributed by atoms with Crippen LogP contribution >= 0.6 is 0 Å². The van der Waals surface area contributed by atoms with E-state index in [-0.39, 0.29) is 5.92 Å². The molecular weight excluding hydrogens is 196 g/mol. The molecule has 0 heterocycles. The minimum atomic E-state index is -3.10. The number of hydrogen-bond donors (Lipinski definition) is 0. The van der Waals surface area contributed by atoms with Crippen molar-refractivity contribution >= 4 is 9.84 Å². The molecule has 0 aliphatic rings. The monoisotopic (exact) mass is 212 g/mol. The average Bonchev–Trinajstić information content (AvgIpc) is 2.01. The molecule has 0 amide bonds. The molecule has 1 aromatic carbocycles. The maximum absolute atomic E-state index is 11.5. The number of aryl methyl sites for hydroxylation is 1. The Morgan fingerprint density at radius 3 is 2.21 bits per heavy atom. The average molecular weight is 212 g/mol. The predicted molar refractivity (Wildman–Crippen MR) is 58.4 cm³/mol. The number of rotatable bonds is 2. The lowest BCUT2D eigenvalue weighted by molar-refractivity contribution is 0.599. The van der Waals surface area contributed by atoms with Crippen molar-refractivity contribution < 1.29 is 8.42 Å². The van der Waals surface area contributed by atoms with Crippen LogP contribution in [0.15, 0.2) is 23.1 Å². The summed E-state index contributed by atoms with van der Waals surface area (Å²) in [6.07, 6.45) is 1.26. The second-order valence-corrected chi connectivity index (χ2v) is 5.95. The van der Waals surface area contributed by atoms with Crippen molar-refractivity contribution in [1.29, 1.82) is 0 Å². The van der Waals surface area contributed by atoms with Gasteiger partial charge in [0.2, 0.25) is 0 Å². The molecule has 0 aliphatic carbocycles. The Bertz CT molecular complexity index is 431. The summed E-state index contributed by atoms with van der Waals surface area (Å²) in [4.78, 5) is 0.465. The molecule has 0 aliphatic heterocycles. The van der Waals surface area contributed by atoms with E-state index in [4.69, 9.17) is 0 Å². The minimum Gasteiger partial charge on any atom is -0.224 e. The summed E-state index contributed by atoms with van der Waals surface area (Å²) in [5.74, 6) is 0.236. The molecule has 0 fully saturated rings. The Kier molecular flexibility index (Phi) is 3.00. The van der Waals surface area contributed by atoms with E-state index in [9.17, 15) is 8.42 Å². The molecule has 0 atom stereocenters. The molecule has 1 rings (SSSR count). The maximum Gasteiger partial charge on any atom is 0.175 e. The summed E-state index contributed by atoms with van der Waals surface area (Å²) in [5.41, 5.74) is 1.88. The van der Waals surface area contributed by atoms with Crippen molar-refractivity contribution in [3.63, 3.8) is 0 Å². The normalized spacial score (nSPS) is 12.1. The van der Waals surface area contributed by atoms with Gasteiger partial charge in [0.05, 0.1) is 4.90 Å². The van der Waals surface area contributed by atoms with E-state index in [1.54, 1.807) is 6.07 Å². The molecule has 0 unspecified atom stereocenters. The van der Waals surface area contributed by atoms with Gasteiger partial charge < -0.3 is 0 Å². The highest BCUT2D eigenvalue weighted by Gasteiger charge is 2.15. The van der Waals surface area contributed by atoms with E-state index < -0.39 is 9.84 Å². The molecule has 0 N–H and O–H groups in total. The molecule has 0 spiro atoms. The highest BCUT2D eigenvalue weighted by molar-refractivity contribution is 7.90. The van der Waals surface area contributed by atoms with Gasteiger partial charge in [-0.05, 0) is 30.0 Å². The fourth-order valence-electron chi connectivity index (χ4n) is 1.44. The van der Waals surface area contributed by atoms with Gasteiger partial charge in [-0.1, -0.05) is 26.0 Å². The van der Waals surface area contributed by atoms with E-state index >= 15 is 0 Å². The lowest BCUT2D eigenvalue weighted by Gasteiger charge is -2.11. The fraction of sp³-hybridized carbons (Fsp3) is 0.455. The molecular formula is C11H16O2S. The van der Waals surface area contributed by atoms with E-state index in [0.29, 0.717) is 4.90 Å². The Labute approximate surface area is 85.9 Å². The molecule has 1 aromatic rings. The molecule has 0 aromatic heterocycles. The number of sulfone groups is 1. The second kappa shape index (κ2) is 3.73. The van der Waals surface area contributed by atoms with E-state index in [1.807, 2.05) is 32.9 Å². The highest BCUT2D eigenvalue weighted by atomic mass is 32.2. The standard InChI is InChI=1S/C11H16O2S/c1-8(2)10-6-5-9(3)7-11(10)14(4,12)13/h5-8H,1-4H3. The summed E-state index contributed by atoms with van der Waals surface area (Å²) in [7, 11) is -3.10. The zero-order valence-corrected chi connectivity index (χ0v) is 9.85. The smallest absolute Gasteiger partial charge is 0.175 e.